The number of anilines is 1. The van der Waals surface area contributed by atoms with E-state index in [1.54, 1.807) is 12.1 Å². The molecule has 0 radical (unpaired) electrons. The highest BCUT2D eigenvalue weighted by atomic mass is 19.1. The SMILES string of the molecule is COc1cc(C(C)NCc2cccnc2N2CCOCC2)ccc1F. The molecule has 1 atom stereocenters. The number of ether oxygens (including phenoxy) is 2. The smallest absolute Gasteiger partial charge is 0.165 e. The van der Waals surface area contributed by atoms with Gasteiger partial charge in [-0.15, -0.1) is 0 Å². The lowest BCUT2D eigenvalue weighted by Gasteiger charge is -2.29. The molecule has 3 rings (SSSR count). The monoisotopic (exact) mass is 345 g/mol. The summed E-state index contributed by atoms with van der Waals surface area (Å²) in [6.07, 6.45) is 1.82. The minimum absolute atomic E-state index is 0.0623. The maximum atomic E-state index is 13.6. The lowest BCUT2D eigenvalue weighted by atomic mass is 10.1. The molecule has 0 aliphatic carbocycles. The van der Waals surface area contributed by atoms with E-state index in [4.69, 9.17) is 9.47 Å². The second kappa shape index (κ2) is 8.27. The third kappa shape index (κ3) is 4.27. The van der Waals surface area contributed by atoms with E-state index in [2.05, 4.69) is 28.2 Å². The lowest BCUT2D eigenvalue weighted by Crippen LogP contribution is -2.37. The summed E-state index contributed by atoms with van der Waals surface area (Å²) in [5.74, 6) is 0.920. The third-order valence-electron chi connectivity index (χ3n) is 4.45. The number of rotatable bonds is 6. The Bertz CT molecular complexity index is 705. The maximum absolute atomic E-state index is 13.6. The second-order valence-electron chi connectivity index (χ2n) is 6.08. The van der Waals surface area contributed by atoms with Crippen molar-refractivity contribution in [2.24, 2.45) is 0 Å². The average molecular weight is 345 g/mol. The number of hydrogen-bond acceptors (Lipinski definition) is 5. The molecule has 0 spiro atoms. The van der Waals surface area contributed by atoms with Crippen molar-refractivity contribution < 1.29 is 13.9 Å². The van der Waals surface area contributed by atoms with E-state index in [1.807, 2.05) is 12.3 Å². The number of halogens is 1. The van der Waals surface area contributed by atoms with Crippen LogP contribution in [-0.4, -0.2) is 38.4 Å². The van der Waals surface area contributed by atoms with Crippen molar-refractivity contribution >= 4 is 5.82 Å². The number of benzene rings is 1. The molecule has 6 heteroatoms. The highest BCUT2D eigenvalue weighted by molar-refractivity contribution is 5.47. The molecule has 134 valence electrons. The van der Waals surface area contributed by atoms with Crippen LogP contribution in [-0.2, 0) is 11.3 Å². The van der Waals surface area contributed by atoms with Gasteiger partial charge in [-0.2, -0.15) is 0 Å². The second-order valence-corrected chi connectivity index (χ2v) is 6.08. The summed E-state index contributed by atoms with van der Waals surface area (Å²) >= 11 is 0. The molecule has 5 nitrogen and oxygen atoms in total. The zero-order valence-electron chi connectivity index (χ0n) is 14.7. The van der Waals surface area contributed by atoms with E-state index < -0.39 is 0 Å². The molecule has 1 aromatic carbocycles. The van der Waals surface area contributed by atoms with E-state index in [1.165, 1.54) is 13.2 Å². The van der Waals surface area contributed by atoms with E-state index in [9.17, 15) is 4.39 Å². The van der Waals surface area contributed by atoms with Gasteiger partial charge in [0.1, 0.15) is 5.82 Å². The molecular formula is C19H24FN3O2. The largest absolute Gasteiger partial charge is 0.494 e. The highest BCUT2D eigenvalue weighted by Crippen LogP contribution is 2.24. The van der Waals surface area contributed by atoms with Crippen molar-refractivity contribution in [3.8, 4) is 5.75 Å². The molecule has 2 aromatic rings. The summed E-state index contributed by atoms with van der Waals surface area (Å²) in [6.45, 7) is 5.91. The summed E-state index contributed by atoms with van der Waals surface area (Å²) in [4.78, 5) is 6.81. The van der Waals surface area contributed by atoms with Gasteiger partial charge in [0.15, 0.2) is 11.6 Å². The molecule has 25 heavy (non-hydrogen) atoms. The van der Waals surface area contributed by atoms with Crippen LogP contribution < -0.4 is 15.0 Å². The number of nitrogens with zero attached hydrogens (tertiary/aromatic N) is 2. The standard InChI is InChI=1S/C19H24FN3O2/c1-14(15-5-6-17(20)18(12-15)24-2)22-13-16-4-3-7-21-19(16)23-8-10-25-11-9-23/h3-7,12,14,22H,8-11,13H2,1-2H3. The Labute approximate surface area is 147 Å². The van der Waals surface area contributed by atoms with Crippen molar-refractivity contribution in [2.75, 3.05) is 38.3 Å². The zero-order valence-corrected chi connectivity index (χ0v) is 14.7. The van der Waals surface area contributed by atoms with Crippen LogP contribution in [0.15, 0.2) is 36.5 Å². The Kier molecular flexibility index (Phi) is 5.83. The fourth-order valence-electron chi connectivity index (χ4n) is 2.95. The molecule has 0 saturated carbocycles. The van der Waals surface area contributed by atoms with Gasteiger partial charge in [-0.05, 0) is 30.7 Å². The Hall–Kier alpha value is -2.18. The summed E-state index contributed by atoms with van der Waals surface area (Å²) in [6, 6.07) is 9.05. The van der Waals surface area contributed by atoms with E-state index in [-0.39, 0.29) is 17.6 Å². The van der Waals surface area contributed by atoms with E-state index >= 15 is 0 Å². The zero-order chi connectivity index (χ0) is 17.6. The quantitative estimate of drug-likeness (QED) is 0.872. The first kappa shape index (κ1) is 17.6. The van der Waals surface area contributed by atoms with Gasteiger partial charge in [0, 0.05) is 37.4 Å². The summed E-state index contributed by atoms with van der Waals surface area (Å²) in [7, 11) is 1.48. The molecule has 2 heterocycles. The van der Waals surface area contributed by atoms with Gasteiger partial charge in [-0.1, -0.05) is 12.1 Å². The van der Waals surface area contributed by atoms with Crippen molar-refractivity contribution in [1.82, 2.24) is 10.3 Å². The minimum atomic E-state index is -0.347. The van der Waals surface area contributed by atoms with Gasteiger partial charge >= 0.3 is 0 Å². The minimum Gasteiger partial charge on any atom is -0.494 e. The van der Waals surface area contributed by atoms with Gasteiger partial charge in [-0.25, -0.2) is 9.37 Å². The molecule has 1 aliphatic rings. The predicted octanol–water partition coefficient (Wildman–Crippen LogP) is 2.92. The predicted molar refractivity (Wildman–Crippen MR) is 95.5 cm³/mol. The van der Waals surface area contributed by atoms with Crippen molar-refractivity contribution in [3.05, 3.63) is 53.5 Å². The van der Waals surface area contributed by atoms with Gasteiger partial charge in [-0.3, -0.25) is 0 Å². The Morgan fingerprint density at radius 3 is 2.88 bits per heavy atom. The van der Waals surface area contributed by atoms with Crippen LogP contribution in [0.5, 0.6) is 5.75 Å². The lowest BCUT2D eigenvalue weighted by molar-refractivity contribution is 0.122. The molecule has 0 amide bonds. The fourth-order valence-corrected chi connectivity index (χ4v) is 2.95. The van der Waals surface area contributed by atoms with Crippen molar-refractivity contribution in [2.45, 2.75) is 19.5 Å². The van der Waals surface area contributed by atoms with E-state index in [0.717, 1.165) is 43.2 Å². The number of methoxy groups -OCH3 is 1. The third-order valence-corrected chi connectivity index (χ3v) is 4.45. The molecule has 1 aromatic heterocycles. The first-order chi connectivity index (χ1) is 12.2. The number of hydrogen-bond donors (Lipinski definition) is 1. The summed E-state index contributed by atoms with van der Waals surface area (Å²) in [5.41, 5.74) is 2.13. The average Bonchev–Trinajstić information content (AvgIpc) is 2.67. The number of morpholine rings is 1. The molecule has 1 N–H and O–H groups in total. The van der Waals surface area contributed by atoms with Gasteiger partial charge in [0.25, 0.3) is 0 Å². The molecule has 1 unspecified atom stereocenters. The van der Waals surface area contributed by atoms with Gasteiger partial charge in [0.05, 0.1) is 20.3 Å². The Balaban J connectivity index is 1.69. The molecule has 0 bridgehead atoms. The Morgan fingerprint density at radius 1 is 1.32 bits per heavy atom. The molecule has 1 fully saturated rings. The van der Waals surface area contributed by atoms with Crippen molar-refractivity contribution in [1.29, 1.82) is 0 Å². The number of aromatic nitrogens is 1. The number of pyridine rings is 1. The normalized spacial score (nSPS) is 15.9. The fraction of sp³-hybridized carbons (Fsp3) is 0.421. The molecule has 1 aliphatic heterocycles. The summed E-state index contributed by atoms with van der Waals surface area (Å²) < 4.78 is 24.1. The van der Waals surface area contributed by atoms with Crippen LogP contribution in [0.2, 0.25) is 0 Å². The van der Waals surface area contributed by atoms with Crippen LogP contribution in [0.1, 0.15) is 24.1 Å². The molecular weight excluding hydrogens is 321 g/mol. The maximum Gasteiger partial charge on any atom is 0.165 e. The van der Waals surface area contributed by atoms with Gasteiger partial charge < -0.3 is 19.7 Å². The Morgan fingerprint density at radius 2 is 2.12 bits per heavy atom. The summed E-state index contributed by atoms with van der Waals surface area (Å²) in [5, 5.41) is 3.49. The van der Waals surface area contributed by atoms with Crippen LogP contribution in [0.3, 0.4) is 0 Å². The van der Waals surface area contributed by atoms with Crippen molar-refractivity contribution in [3.63, 3.8) is 0 Å². The van der Waals surface area contributed by atoms with Gasteiger partial charge in [0.2, 0.25) is 0 Å². The first-order valence-electron chi connectivity index (χ1n) is 8.52. The first-order valence-corrected chi connectivity index (χ1v) is 8.52. The highest BCUT2D eigenvalue weighted by Gasteiger charge is 2.16. The van der Waals surface area contributed by atoms with Crippen LogP contribution >= 0.6 is 0 Å². The van der Waals surface area contributed by atoms with Crippen LogP contribution in [0.25, 0.3) is 0 Å². The topological polar surface area (TPSA) is 46.6 Å². The van der Waals surface area contributed by atoms with Crippen LogP contribution in [0.4, 0.5) is 10.2 Å². The van der Waals surface area contributed by atoms with E-state index in [0.29, 0.717) is 6.54 Å². The number of nitrogens with one attached hydrogen (secondary N) is 1. The van der Waals surface area contributed by atoms with Crippen LogP contribution in [0, 0.1) is 5.82 Å². The molecule has 1 saturated heterocycles.